The molecule has 1 N–H and O–H groups in total. The van der Waals surface area contributed by atoms with Gasteiger partial charge in [-0.15, -0.1) is 6.58 Å². The van der Waals surface area contributed by atoms with Crippen LogP contribution >= 0.6 is 0 Å². The number of aromatic nitrogens is 1. The van der Waals surface area contributed by atoms with Crippen LogP contribution in [0.25, 0.3) is 0 Å². The Morgan fingerprint density at radius 3 is 2.73 bits per heavy atom. The Morgan fingerprint density at radius 1 is 1.41 bits per heavy atom. The van der Waals surface area contributed by atoms with Crippen LogP contribution in [-0.4, -0.2) is 9.91 Å². The lowest BCUT2D eigenvalue weighted by Gasteiger charge is -2.19. The van der Waals surface area contributed by atoms with Crippen molar-refractivity contribution in [1.82, 2.24) is 4.98 Å². The van der Waals surface area contributed by atoms with E-state index in [0.29, 0.717) is 11.4 Å². The first kappa shape index (κ1) is 15.7. The third-order valence-corrected chi connectivity index (χ3v) is 3.46. The van der Waals surface area contributed by atoms with Gasteiger partial charge in [-0.2, -0.15) is 0 Å². The van der Waals surface area contributed by atoms with Gasteiger partial charge in [0.15, 0.2) is 0 Å². The lowest BCUT2D eigenvalue weighted by molar-refractivity contribution is -0.385. The highest BCUT2D eigenvalue weighted by atomic mass is 16.6. The molecule has 0 aliphatic rings. The monoisotopic (exact) mass is 297 g/mol. The van der Waals surface area contributed by atoms with E-state index in [4.69, 9.17) is 0 Å². The molecule has 0 aliphatic carbocycles. The second-order valence-corrected chi connectivity index (χ2v) is 5.09. The first-order chi connectivity index (χ1) is 10.6. The summed E-state index contributed by atoms with van der Waals surface area (Å²) >= 11 is 0. The van der Waals surface area contributed by atoms with E-state index >= 15 is 0 Å². The van der Waals surface area contributed by atoms with Gasteiger partial charge in [-0.3, -0.25) is 10.1 Å². The minimum Gasteiger partial charge on any atom is -0.363 e. The summed E-state index contributed by atoms with van der Waals surface area (Å²) < 4.78 is 0. The summed E-state index contributed by atoms with van der Waals surface area (Å²) in [6.45, 7) is 5.47. The van der Waals surface area contributed by atoms with Crippen LogP contribution in [0.1, 0.15) is 30.0 Å². The summed E-state index contributed by atoms with van der Waals surface area (Å²) in [6.07, 6.45) is 4.93. The maximum absolute atomic E-state index is 10.9. The van der Waals surface area contributed by atoms with Crippen LogP contribution < -0.4 is 5.32 Å². The fraction of sp³-hybridized carbons (Fsp3) is 0.235. The van der Waals surface area contributed by atoms with Gasteiger partial charge in [-0.1, -0.05) is 36.4 Å². The van der Waals surface area contributed by atoms with Crippen molar-refractivity contribution in [3.63, 3.8) is 0 Å². The van der Waals surface area contributed by atoms with E-state index in [-0.39, 0.29) is 11.7 Å². The first-order valence-electron chi connectivity index (χ1n) is 7.15. The zero-order chi connectivity index (χ0) is 15.9. The lowest BCUT2D eigenvalue weighted by Crippen LogP contribution is -2.12. The molecular formula is C17H19N3O2. The molecule has 2 aromatic rings. The van der Waals surface area contributed by atoms with Crippen molar-refractivity contribution in [1.29, 1.82) is 0 Å². The van der Waals surface area contributed by atoms with Crippen molar-refractivity contribution in [2.24, 2.45) is 0 Å². The molecule has 0 saturated heterocycles. The van der Waals surface area contributed by atoms with Crippen LogP contribution in [0.4, 0.5) is 11.5 Å². The third-order valence-electron chi connectivity index (χ3n) is 3.46. The summed E-state index contributed by atoms with van der Waals surface area (Å²) in [5.74, 6) is 0.640. The highest BCUT2D eigenvalue weighted by Crippen LogP contribution is 2.25. The first-order valence-corrected chi connectivity index (χ1v) is 7.15. The lowest BCUT2D eigenvalue weighted by atomic mass is 10.0. The summed E-state index contributed by atoms with van der Waals surface area (Å²) in [7, 11) is 0. The van der Waals surface area contributed by atoms with Crippen molar-refractivity contribution in [2.75, 3.05) is 5.32 Å². The number of nitrogens with zero attached hydrogens (tertiary/aromatic N) is 2. The van der Waals surface area contributed by atoms with Gasteiger partial charge in [0.2, 0.25) is 0 Å². The quantitative estimate of drug-likeness (QED) is 0.466. The van der Waals surface area contributed by atoms with E-state index in [0.717, 1.165) is 18.4 Å². The summed E-state index contributed by atoms with van der Waals surface area (Å²) in [5, 5.41) is 14.2. The molecule has 2 rings (SSSR count). The molecule has 5 nitrogen and oxygen atoms in total. The van der Waals surface area contributed by atoms with Crippen LogP contribution in [0.15, 0.2) is 55.3 Å². The van der Waals surface area contributed by atoms with Crippen molar-refractivity contribution in [3.05, 3.63) is 76.5 Å². The number of aryl methyl sites for hydroxylation is 1. The normalized spacial score (nSPS) is 11.7. The van der Waals surface area contributed by atoms with Crippen LogP contribution in [-0.2, 0) is 0 Å². The standard InChI is InChI=1S/C17H19N3O2/c1-3-4-10-15(14-8-6-5-7-9-14)19-17-11-13(2)16(12-18-17)20(21)22/h3,5-9,11-12,15H,1,4,10H2,2H3,(H,18,19). The number of pyridine rings is 1. The maximum Gasteiger partial charge on any atom is 0.290 e. The molecule has 0 bridgehead atoms. The molecule has 1 unspecified atom stereocenters. The Labute approximate surface area is 129 Å². The minimum absolute atomic E-state index is 0.0351. The third kappa shape index (κ3) is 3.91. The Bertz CT molecular complexity index is 656. The van der Waals surface area contributed by atoms with Gasteiger partial charge >= 0.3 is 0 Å². The second kappa shape index (κ2) is 7.36. The van der Waals surface area contributed by atoms with Crippen molar-refractivity contribution < 1.29 is 4.92 Å². The average Bonchev–Trinajstić information content (AvgIpc) is 2.52. The topological polar surface area (TPSA) is 68.1 Å². The van der Waals surface area contributed by atoms with Gasteiger partial charge < -0.3 is 5.32 Å². The Morgan fingerprint density at radius 2 is 2.14 bits per heavy atom. The fourth-order valence-electron chi connectivity index (χ4n) is 2.29. The molecule has 5 heteroatoms. The van der Waals surface area contributed by atoms with E-state index in [1.807, 2.05) is 24.3 Å². The average molecular weight is 297 g/mol. The molecule has 0 fully saturated rings. The van der Waals surface area contributed by atoms with Crippen LogP contribution in [0, 0.1) is 17.0 Å². The molecule has 0 aliphatic heterocycles. The number of benzene rings is 1. The zero-order valence-electron chi connectivity index (χ0n) is 12.5. The molecule has 0 radical (unpaired) electrons. The number of hydrogen-bond donors (Lipinski definition) is 1. The molecule has 114 valence electrons. The van der Waals surface area contributed by atoms with Gasteiger partial charge in [-0.25, -0.2) is 4.98 Å². The molecule has 1 atom stereocenters. The van der Waals surface area contributed by atoms with Crippen molar-refractivity contribution >= 4 is 11.5 Å². The smallest absolute Gasteiger partial charge is 0.290 e. The molecule has 1 aromatic carbocycles. The highest BCUT2D eigenvalue weighted by Gasteiger charge is 2.15. The predicted molar refractivity (Wildman–Crippen MR) is 87.9 cm³/mol. The SMILES string of the molecule is C=CCCC(Nc1cc(C)c([N+](=O)[O-])cn1)c1ccccc1. The second-order valence-electron chi connectivity index (χ2n) is 5.09. The van der Waals surface area contributed by atoms with Crippen LogP contribution in [0.3, 0.4) is 0 Å². The van der Waals surface area contributed by atoms with Crippen LogP contribution in [0.2, 0.25) is 0 Å². The van der Waals surface area contributed by atoms with Gasteiger partial charge in [0.25, 0.3) is 5.69 Å². The minimum atomic E-state index is -0.418. The molecule has 22 heavy (non-hydrogen) atoms. The van der Waals surface area contributed by atoms with E-state index in [9.17, 15) is 10.1 Å². The van der Waals surface area contributed by atoms with Crippen molar-refractivity contribution in [3.8, 4) is 0 Å². The fourth-order valence-corrected chi connectivity index (χ4v) is 2.29. The van der Waals surface area contributed by atoms with Crippen molar-refractivity contribution in [2.45, 2.75) is 25.8 Å². The van der Waals surface area contributed by atoms with Gasteiger partial charge in [0, 0.05) is 5.56 Å². The van der Waals surface area contributed by atoms with Gasteiger partial charge in [0.05, 0.1) is 11.0 Å². The van der Waals surface area contributed by atoms with Gasteiger partial charge in [0.1, 0.15) is 12.0 Å². The van der Waals surface area contributed by atoms with E-state index < -0.39 is 4.92 Å². The largest absolute Gasteiger partial charge is 0.363 e. The maximum atomic E-state index is 10.9. The van der Waals surface area contributed by atoms with E-state index in [1.165, 1.54) is 6.20 Å². The molecule has 0 saturated carbocycles. The molecule has 1 heterocycles. The van der Waals surface area contributed by atoms with E-state index in [2.05, 4.69) is 29.0 Å². The Hall–Kier alpha value is -2.69. The molecular weight excluding hydrogens is 278 g/mol. The molecule has 1 aromatic heterocycles. The summed E-state index contributed by atoms with van der Waals surface area (Å²) in [5.41, 5.74) is 1.79. The van der Waals surface area contributed by atoms with Gasteiger partial charge in [-0.05, 0) is 31.4 Å². The number of nitro groups is 1. The van der Waals surface area contributed by atoms with E-state index in [1.54, 1.807) is 13.0 Å². The predicted octanol–water partition coefficient (Wildman–Crippen LogP) is 4.42. The Balaban J connectivity index is 2.21. The number of anilines is 1. The van der Waals surface area contributed by atoms with Crippen LogP contribution in [0.5, 0.6) is 0 Å². The number of rotatable bonds is 7. The molecule has 0 spiro atoms. The number of nitrogens with one attached hydrogen (secondary N) is 1. The highest BCUT2D eigenvalue weighted by molar-refractivity contribution is 5.48. The Kier molecular flexibility index (Phi) is 5.25. The molecule has 0 amide bonds. The number of hydrogen-bond acceptors (Lipinski definition) is 4. The summed E-state index contributed by atoms with van der Waals surface area (Å²) in [4.78, 5) is 14.6. The number of allylic oxidation sites excluding steroid dienone is 1. The summed E-state index contributed by atoms with van der Waals surface area (Å²) in [6, 6.07) is 11.9. The zero-order valence-corrected chi connectivity index (χ0v) is 12.5.